The minimum absolute atomic E-state index is 0.150. The zero-order valence-corrected chi connectivity index (χ0v) is 11.3. The summed E-state index contributed by atoms with van der Waals surface area (Å²) in [7, 11) is 0. The van der Waals surface area contributed by atoms with Crippen molar-refractivity contribution in [2.24, 2.45) is 21.5 Å². The number of rotatable bonds is 1. The fourth-order valence-electron chi connectivity index (χ4n) is 4.02. The molecule has 0 amide bonds. The first-order chi connectivity index (χ1) is 9.29. The van der Waals surface area contributed by atoms with Crippen molar-refractivity contribution in [3.05, 3.63) is 30.3 Å². The third-order valence-corrected chi connectivity index (χ3v) is 5.06. The van der Waals surface area contributed by atoms with Gasteiger partial charge in [-0.25, -0.2) is 0 Å². The van der Waals surface area contributed by atoms with Crippen LogP contribution in [-0.4, -0.2) is 24.5 Å². The maximum Gasteiger partial charge on any atom is 0.0681 e. The van der Waals surface area contributed by atoms with Crippen molar-refractivity contribution >= 4 is 17.1 Å². The highest BCUT2D eigenvalue weighted by atomic mass is 15.3. The van der Waals surface area contributed by atoms with Gasteiger partial charge in [0.25, 0.3) is 0 Å². The Bertz CT molecular complexity index is 561. The van der Waals surface area contributed by atoms with E-state index in [1.54, 1.807) is 0 Å². The Hall–Kier alpha value is -1.64. The van der Waals surface area contributed by atoms with Crippen molar-refractivity contribution in [2.75, 3.05) is 18.0 Å². The Labute approximate surface area is 114 Å². The number of para-hydroxylation sites is 1. The number of anilines is 1. The molecule has 2 unspecified atom stereocenters. The molecular formula is C16H19N3. The number of piperidine rings is 1. The summed E-state index contributed by atoms with van der Waals surface area (Å²) in [5.41, 5.74) is 4.10. The number of hydrogen-bond acceptors (Lipinski definition) is 3. The maximum absolute atomic E-state index is 4.52. The van der Waals surface area contributed by atoms with Crippen LogP contribution in [-0.2, 0) is 0 Å². The van der Waals surface area contributed by atoms with Gasteiger partial charge in [0, 0.05) is 24.7 Å². The second kappa shape index (κ2) is 3.92. The van der Waals surface area contributed by atoms with Crippen molar-refractivity contribution in [1.29, 1.82) is 0 Å². The van der Waals surface area contributed by atoms with Crippen LogP contribution < -0.4 is 4.90 Å². The zero-order chi connectivity index (χ0) is 12.9. The van der Waals surface area contributed by atoms with Gasteiger partial charge >= 0.3 is 0 Å². The van der Waals surface area contributed by atoms with Gasteiger partial charge in [-0.05, 0) is 31.9 Å². The first kappa shape index (κ1) is 11.2. The topological polar surface area (TPSA) is 28.0 Å². The summed E-state index contributed by atoms with van der Waals surface area (Å²) in [5.74, 6) is 0.601. The number of benzene rings is 1. The van der Waals surface area contributed by atoms with Crippen LogP contribution in [0.4, 0.5) is 5.69 Å². The van der Waals surface area contributed by atoms with E-state index in [0.717, 1.165) is 13.1 Å². The normalized spacial score (nSPS) is 32.7. The minimum Gasteiger partial charge on any atom is -0.370 e. The van der Waals surface area contributed by atoms with Crippen molar-refractivity contribution in [1.82, 2.24) is 0 Å². The summed E-state index contributed by atoms with van der Waals surface area (Å²) in [6, 6.07) is 10.8. The van der Waals surface area contributed by atoms with Crippen LogP contribution in [0.15, 0.2) is 40.5 Å². The Kier molecular flexibility index (Phi) is 2.32. The monoisotopic (exact) mass is 253 g/mol. The second-order valence-corrected chi connectivity index (χ2v) is 6.06. The molecule has 0 N–H and O–H groups in total. The van der Waals surface area contributed by atoms with E-state index in [-0.39, 0.29) is 5.41 Å². The number of hydrogen-bond donors (Lipinski definition) is 0. The molecule has 1 aromatic carbocycles. The molecule has 1 aliphatic carbocycles. The van der Waals surface area contributed by atoms with E-state index in [1.807, 2.05) is 0 Å². The molecule has 2 bridgehead atoms. The molecular weight excluding hydrogens is 234 g/mol. The molecule has 0 radical (unpaired) electrons. The molecule has 2 atom stereocenters. The molecule has 1 saturated heterocycles. The van der Waals surface area contributed by atoms with Crippen molar-refractivity contribution in [2.45, 2.75) is 26.2 Å². The third kappa shape index (κ3) is 1.50. The van der Waals surface area contributed by atoms with E-state index in [1.165, 1.54) is 36.4 Å². The summed E-state index contributed by atoms with van der Waals surface area (Å²) < 4.78 is 0. The van der Waals surface area contributed by atoms with E-state index in [4.69, 9.17) is 0 Å². The third-order valence-electron chi connectivity index (χ3n) is 5.06. The quantitative estimate of drug-likeness (QED) is 0.755. The molecule has 4 rings (SSSR count). The van der Waals surface area contributed by atoms with E-state index >= 15 is 0 Å². The largest absolute Gasteiger partial charge is 0.370 e. The summed E-state index contributed by atoms with van der Waals surface area (Å²) in [4.78, 5) is 2.53. The van der Waals surface area contributed by atoms with Gasteiger partial charge in [0.2, 0.25) is 0 Å². The SMILES string of the molecule is CC1=NN=C2C3CCCC12CN(c1ccccc1)C3. The van der Waals surface area contributed by atoms with Gasteiger partial charge in [-0.3, -0.25) is 0 Å². The Morgan fingerprint density at radius 1 is 1.21 bits per heavy atom. The Balaban J connectivity index is 1.73. The van der Waals surface area contributed by atoms with Gasteiger partial charge in [-0.1, -0.05) is 24.6 Å². The highest BCUT2D eigenvalue weighted by molar-refractivity contribution is 6.16. The fourth-order valence-corrected chi connectivity index (χ4v) is 4.02. The van der Waals surface area contributed by atoms with Crippen LogP contribution >= 0.6 is 0 Å². The van der Waals surface area contributed by atoms with Gasteiger partial charge < -0.3 is 4.90 Å². The minimum atomic E-state index is 0.150. The smallest absolute Gasteiger partial charge is 0.0681 e. The molecule has 1 aromatic rings. The van der Waals surface area contributed by atoms with Gasteiger partial charge in [0.15, 0.2) is 0 Å². The predicted molar refractivity (Wildman–Crippen MR) is 79.0 cm³/mol. The van der Waals surface area contributed by atoms with Crippen LogP contribution in [0.5, 0.6) is 0 Å². The zero-order valence-electron chi connectivity index (χ0n) is 11.3. The lowest BCUT2D eigenvalue weighted by Crippen LogP contribution is -2.58. The first-order valence-electron chi connectivity index (χ1n) is 7.23. The van der Waals surface area contributed by atoms with Crippen molar-refractivity contribution < 1.29 is 0 Å². The van der Waals surface area contributed by atoms with Gasteiger partial charge in [-0.15, -0.1) is 0 Å². The van der Waals surface area contributed by atoms with E-state index in [0.29, 0.717) is 5.92 Å². The predicted octanol–water partition coefficient (Wildman–Crippen LogP) is 3.12. The average molecular weight is 253 g/mol. The van der Waals surface area contributed by atoms with E-state index < -0.39 is 0 Å². The average Bonchev–Trinajstić information content (AvgIpc) is 2.78. The van der Waals surface area contributed by atoms with Gasteiger partial charge in [0.05, 0.1) is 16.8 Å². The summed E-state index contributed by atoms with van der Waals surface area (Å²) in [6.45, 7) is 4.32. The molecule has 1 saturated carbocycles. The molecule has 2 fully saturated rings. The lowest BCUT2D eigenvalue weighted by Gasteiger charge is -2.49. The molecule has 3 heteroatoms. The van der Waals surface area contributed by atoms with Crippen LogP contribution in [0.1, 0.15) is 26.2 Å². The lowest BCUT2D eigenvalue weighted by atomic mass is 9.63. The standard InChI is InChI=1S/C16H19N3/c1-12-16-9-5-6-13(15(16)18-17-12)10-19(11-16)14-7-3-2-4-8-14/h2-4,7-8,13H,5-6,9-11H2,1H3. The maximum atomic E-state index is 4.52. The lowest BCUT2D eigenvalue weighted by molar-refractivity contribution is 0.353. The number of nitrogens with zero attached hydrogens (tertiary/aromatic N) is 3. The highest BCUT2D eigenvalue weighted by Crippen LogP contribution is 2.46. The summed E-state index contributed by atoms with van der Waals surface area (Å²) in [5, 5.41) is 8.94. The van der Waals surface area contributed by atoms with E-state index in [9.17, 15) is 0 Å². The van der Waals surface area contributed by atoms with Crippen LogP contribution in [0.2, 0.25) is 0 Å². The van der Waals surface area contributed by atoms with Crippen LogP contribution in [0, 0.1) is 11.3 Å². The Morgan fingerprint density at radius 3 is 2.89 bits per heavy atom. The molecule has 3 nitrogen and oxygen atoms in total. The first-order valence-corrected chi connectivity index (χ1v) is 7.23. The van der Waals surface area contributed by atoms with E-state index in [2.05, 4.69) is 52.4 Å². The van der Waals surface area contributed by atoms with Crippen LogP contribution in [0.25, 0.3) is 0 Å². The molecule has 3 aliphatic rings. The van der Waals surface area contributed by atoms with Gasteiger partial charge in [-0.2, -0.15) is 10.2 Å². The highest BCUT2D eigenvalue weighted by Gasteiger charge is 2.52. The molecule has 98 valence electrons. The molecule has 2 heterocycles. The second-order valence-electron chi connectivity index (χ2n) is 6.06. The summed E-state index contributed by atoms with van der Waals surface area (Å²) >= 11 is 0. The van der Waals surface area contributed by atoms with Crippen molar-refractivity contribution in [3.63, 3.8) is 0 Å². The van der Waals surface area contributed by atoms with Crippen molar-refractivity contribution in [3.8, 4) is 0 Å². The molecule has 0 aromatic heterocycles. The van der Waals surface area contributed by atoms with Crippen LogP contribution in [0.3, 0.4) is 0 Å². The molecule has 19 heavy (non-hydrogen) atoms. The molecule has 2 aliphatic heterocycles. The molecule has 0 spiro atoms. The van der Waals surface area contributed by atoms with Gasteiger partial charge in [0.1, 0.15) is 0 Å². The Morgan fingerprint density at radius 2 is 2.05 bits per heavy atom. The summed E-state index contributed by atoms with van der Waals surface area (Å²) in [6.07, 6.45) is 3.81. The fraction of sp³-hybridized carbons (Fsp3) is 0.500.